The van der Waals surface area contributed by atoms with E-state index in [9.17, 15) is 4.79 Å². The Morgan fingerprint density at radius 3 is 2.72 bits per heavy atom. The topological polar surface area (TPSA) is 113 Å². The van der Waals surface area contributed by atoms with Gasteiger partial charge in [0.25, 0.3) is 0 Å². The molecule has 3 aromatic rings. The first-order valence-corrected chi connectivity index (χ1v) is 10.7. The van der Waals surface area contributed by atoms with Crippen molar-refractivity contribution in [2.24, 2.45) is 11.7 Å². The van der Waals surface area contributed by atoms with Crippen LogP contribution in [0.2, 0.25) is 10.0 Å². The molecule has 1 amide bonds. The van der Waals surface area contributed by atoms with Gasteiger partial charge in [-0.1, -0.05) is 48.8 Å². The summed E-state index contributed by atoms with van der Waals surface area (Å²) in [4.78, 5) is 11.1. The van der Waals surface area contributed by atoms with Crippen molar-refractivity contribution in [1.29, 1.82) is 0 Å². The van der Waals surface area contributed by atoms with Gasteiger partial charge in [-0.15, -0.1) is 20.4 Å². The molecule has 8 nitrogen and oxygen atoms in total. The summed E-state index contributed by atoms with van der Waals surface area (Å²) in [5.74, 6) is 1.95. The van der Waals surface area contributed by atoms with Crippen LogP contribution in [0.4, 0.5) is 0 Å². The van der Waals surface area contributed by atoms with Gasteiger partial charge in [0.2, 0.25) is 17.7 Å². The highest BCUT2D eigenvalue weighted by molar-refractivity contribution is 7.98. The molecule has 154 valence electrons. The number of nitrogens with zero attached hydrogens (tertiary/aromatic N) is 5. The first-order valence-electron chi connectivity index (χ1n) is 8.94. The lowest BCUT2D eigenvalue weighted by Crippen LogP contribution is -2.15. The zero-order valence-corrected chi connectivity index (χ0v) is 18.3. The van der Waals surface area contributed by atoms with E-state index in [2.05, 4.69) is 34.2 Å². The molecule has 1 aromatic carbocycles. The molecule has 2 heterocycles. The largest absolute Gasteiger partial charge is 0.420 e. The molecule has 0 unspecified atom stereocenters. The molecule has 2 aromatic heterocycles. The van der Waals surface area contributed by atoms with Crippen LogP contribution in [0.15, 0.2) is 27.8 Å². The van der Waals surface area contributed by atoms with Gasteiger partial charge in [0, 0.05) is 24.4 Å². The monoisotopic (exact) mass is 454 g/mol. The third kappa shape index (κ3) is 5.71. The first kappa shape index (κ1) is 21.6. The van der Waals surface area contributed by atoms with Crippen LogP contribution in [0.3, 0.4) is 0 Å². The van der Waals surface area contributed by atoms with Gasteiger partial charge >= 0.3 is 0 Å². The SMILES string of the molecule is CC(C)Cn1c(CCC(N)=O)nnc1SCc1nnc(-c2ccc(Cl)cc2Cl)o1. The molecule has 0 atom stereocenters. The number of hydrogen-bond acceptors (Lipinski definition) is 7. The van der Waals surface area contributed by atoms with Crippen LogP contribution >= 0.6 is 35.0 Å². The van der Waals surface area contributed by atoms with Gasteiger partial charge in [-0.2, -0.15) is 0 Å². The van der Waals surface area contributed by atoms with Crippen molar-refractivity contribution in [1.82, 2.24) is 25.0 Å². The Morgan fingerprint density at radius 2 is 2.03 bits per heavy atom. The van der Waals surface area contributed by atoms with E-state index in [1.54, 1.807) is 18.2 Å². The number of amides is 1. The molecule has 0 spiro atoms. The second-order valence-electron chi connectivity index (χ2n) is 6.78. The summed E-state index contributed by atoms with van der Waals surface area (Å²) in [5, 5.41) is 18.3. The molecule has 0 saturated heterocycles. The van der Waals surface area contributed by atoms with E-state index in [1.165, 1.54) is 11.8 Å². The van der Waals surface area contributed by atoms with Crippen LogP contribution in [-0.2, 0) is 23.5 Å². The molecule has 2 N–H and O–H groups in total. The molecule has 29 heavy (non-hydrogen) atoms. The van der Waals surface area contributed by atoms with Crippen molar-refractivity contribution >= 4 is 40.9 Å². The van der Waals surface area contributed by atoms with E-state index in [1.807, 2.05) is 4.57 Å². The number of carbonyl (C=O) groups excluding carboxylic acids is 1. The Hall–Kier alpha value is -2.10. The molecule has 0 aliphatic carbocycles. The molecule has 0 radical (unpaired) electrons. The average Bonchev–Trinajstić information content (AvgIpc) is 3.25. The van der Waals surface area contributed by atoms with Crippen molar-refractivity contribution < 1.29 is 9.21 Å². The van der Waals surface area contributed by atoms with Crippen molar-refractivity contribution in [3.05, 3.63) is 40.0 Å². The van der Waals surface area contributed by atoms with Gasteiger partial charge in [-0.3, -0.25) is 4.79 Å². The summed E-state index contributed by atoms with van der Waals surface area (Å²) in [5.41, 5.74) is 5.88. The van der Waals surface area contributed by atoms with E-state index >= 15 is 0 Å². The van der Waals surface area contributed by atoms with Gasteiger partial charge in [0.05, 0.1) is 16.3 Å². The molecule has 0 aliphatic rings. The summed E-state index contributed by atoms with van der Waals surface area (Å²) in [7, 11) is 0. The number of aryl methyl sites for hydroxylation is 1. The lowest BCUT2D eigenvalue weighted by Gasteiger charge is -2.11. The second-order valence-corrected chi connectivity index (χ2v) is 8.57. The molecule has 11 heteroatoms. The quantitative estimate of drug-likeness (QED) is 0.485. The molecule has 0 aliphatic heterocycles. The molecular weight excluding hydrogens is 435 g/mol. The Bertz CT molecular complexity index is 1000. The number of halogens is 2. The molecule has 0 saturated carbocycles. The summed E-state index contributed by atoms with van der Waals surface area (Å²) < 4.78 is 7.74. The maximum atomic E-state index is 11.1. The maximum absolute atomic E-state index is 11.1. The van der Waals surface area contributed by atoms with Crippen molar-refractivity contribution in [3.8, 4) is 11.5 Å². The van der Waals surface area contributed by atoms with Crippen molar-refractivity contribution in [3.63, 3.8) is 0 Å². The normalized spacial score (nSPS) is 11.3. The highest BCUT2D eigenvalue weighted by Crippen LogP contribution is 2.30. The maximum Gasteiger partial charge on any atom is 0.249 e. The van der Waals surface area contributed by atoms with Crippen molar-refractivity contribution in [2.75, 3.05) is 0 Å². The Kier molecular flexibility index (Phi) is 7.15. The van der Waals surface area contributed by atoms with Crippen LogP contribution in [-0.4, -0.2) is 30.9 Å². The fourth-order valence-corrected chi connectivity index (χ4v) is 3.90. The highest BCUT2D eigenvalue weighted by atomic mass is 35.5. The average molecular weight is 455 g/mol. The molecule has 0 bridgehead atoms. The third-order valence-electron chi connectivity index (χ3n) is 3.89. The van der Waals surface area contributed by atoms with E-state index in [-0.39, 0.29) is 12.3 Å². The minimum Gasteiger partial charge on any atom is -0.420 e. The van der Waals surface area contributed by atoms with Crippen molar-refractivity contribution in [2.45, 2.75) is 44.1 Å². The number of thioether (sulfide) groups is 1. The number of aromatic nitrogens is 5. The number of nitrogens with two attached hydrogens (primary N) is 1. The van der Waals surface area contributed by atoms with E-state index in [4.69, 9.17) is 33.4 Å². The number of benzene rings is 1. The van der Waals surface area contributed by atoms with Gasteiger partial charge in [-0.05, 0) is 24.1 Å². The third-order valence-corrected chi connectivity index (χ3v) is 5.39. The van der Waals surface area contributed by atoms with Gasteiger partial charge in [0.1, 0.15) is 5.82 Å². The predicted molar refractivity (Wildman–Crippen MR) is 112 cm³/mol. The summed E-state index contributed by atoms with van der Waals surface area (Å²) in [6.45, 7) is 4.94. The Balaban J connectivity index is 1.72. The van der Waals surface area contributed by atoms with Gasteiger partial charge in [-0.25, -0.2) is 0 Å². The Labute approximate surface area is 182 Å². The fraction of sp³-hybridized carbons (Fsp3) is 0.389. The highest BCUT2D eigenvalue weighted by Gasteiger charge is 2.17. The number of rotatable bonds is 9. The predicted octanol–water partition coefficient (Wildman–Crippen LogP) is 4.00. The molecular formula is C18H20Cl2N6O2S. The van der Waals surface area contributed by atoms with Gasteiger partial charge in [0.15, 0.2) is 5.16 Å². The van der Waals surface area contributed by atoms with Crippen LogP contribution in [0, 0.1) is 5.92 Å². The lowest BCUT2D eigenvalue weighted by atomic mass is 10.2. The Morgan fingerprint density at radius 1 is 1.24 bits per heavy atom. The number of hydrogen-bond donors (Lipinski definition) is 1. The van der Waals surface area contributed by atoms with Crippen LogP contribution in [0.1, 0.15) is 32.0 Å². The smallest absolute Gasteiger partial charge is 0.249 e. The van der Waals surface area contributed by atoms with Crippen LogP contribution in [0.25, 0.3) is 11.5 Å². The van der Waals surface area contributed by atoms with Gasteiger partial charge < -0.3 is 14.7 Å². The summed E-state index contributed by atoms with van der Waals surface area (Å²) in [6.07, 6.45) is 0.686. The number of primary amides is 1. The minimum atomic E-state index is -0.363. The molecule has 3 rings (SSSR count). The van der Waals surface area contributed by atoms with E-state index in [0.717, 1.165) is 17.5 Å². The number of carbonyl (C=O) groups is 1. The second kappa shape index (κ2) is 9.60. The summed E-state index contributed by atoms with van der Waals surface area (Å²) in [6, 6.07) is 5.07. The zero-order valence-electron chi connectivity index (χ0n) is 15.9. The fourth-order valence-electron chi connectivity index (χ4n) is 2.60. The minimum absolute atomic E-state index is 0.232. The van der Waals surface area contributed by atoms with Crippen LogP contribution in [0.5, 0.6) is 0 Å². The zero-order chi connectivity index (χ0) is 21.0. The van der Waals surface area contributed by atoms with Crippen LogP contribution < -0.4 is 5.73 Å². The molecule has 0 fully saturated rings. The lowest BCUT2D eigenvalue weighted by molar-refractivity contribution is -0.118. The first-order chi connectivity index (χ1) is 13.8. The summed E-state index contributed by atoms with van der Waals surface area (Å²) >= 11 is 13.6. The van der Waals surface area contributed by atoms with E-state index in [0.29, 0.717) is 45.5 Å². The van der Waals surface area contributed by atoms with E-state index < -0.39 is 0 Å². The standard InChI is InChI=1S/C18H20Cl2N6O2S/c1-10(2)8-26-15(6-5-14(21)27)22-25-18(26)29-9-16-23-24-17(28-16)12-4-3-11(19)7-13(12)20/h3-4,7,10H,5-6,8-9H2,1-2H3,(H2,21,27).